The molecule has 0 spiro atoms. The van der Waals surface area contributed by atoms with Gasteiger partial charge in [0.2, 0.25) is 5.91 Å². The van der Waals surface area contributed by atoms with Crippen LogP contribution in [0.5, 0.6) is 0 Å². The van der Waals surface area contributed by atoms with Gasteiger partial charge in [-0.15, -0.1) is 0 Å². The van der Waals surface area contributed by atoms with Gasteiger partial charge in [0.05, 0.1) is 18.8 Å². The van der Waals surface area contributed by atoms with E-state index in [4.69, 9.17) is 0 Å². The molecular weight excluding hydrogens is 618 g/mol. The van der Waals surface area contributed by atoms with Crippen LogP contribution < -0.4 is 5.32 Å². The highest BCUT2D eigenvalue weighted by atomic mass is 16.3. The molecule has 0 heterocycles. The fraction of sp³-hybridized carbons (Fsp3) is 0.844. The number of carbonyl (C=O) groups is 1. The molecule has 0 saturated heterocycles. The summed E-state index contributed by atoms with van der Waals surface area (Å²) in [6, 6.07) is -0.816. The minimum atomic E-state index is -1.11. The molecule has 5 nitrogen and oxygen atoms in total. The van der Waals surface area contributed by atoms with E-state index in [0.29, 0.717) is 6.42 Å². The van der Waals surface area contributed by atoms with Crippen molar-refractivity contribution in [2.75, 3.05) is 6.61 Å². The first-order valence-electron chi connectivity index (χ1n) is 21.8. The van der Waals surface area contributed by atoms with E-state index in [1.54, 1.807) is 6.08 Å². The van der Waals surface area contributed by atoms with E-state index in [9.17, 15) is 20.1 Å². The van der Waals surface area contributed by atoms with Crippen LogP contribution in [0.1, 0.15) is 219 Å². The van der Waals surface area contributed by atoms with Crippen LogP contribution in [0.25, 0.3) is 0 Å². The second-order valence-corrected chi connectivity index (χ2v) is 14.9. The lowest BCUT2D eigenvalue weighted by molar-refractivity contribution is -0.131. The zero-order valence-electron chi connectivity index (χ0n) is 33.3. The van der Waals surface area contributed by atoms with Crippen molar-refractivity contribution >= 4 is 5.91 Å². The summed E-state index contributed by atoms with van der Waals surface area (Å²) < 4.78 is 0. The summed E-state index contributed by atoms with van der Waals surface area (Å²) in [4.78, 5) is 12.4. The predicted octanol–water partition coefficient (Wildman–Crippen LogP) is 12.4. The summed E-state index contributed by atoms with van der Waals surface area (Å²) in [5, 5.41) is 33.1. The topological polar surface area (TPSA) is 89.8 Å². The molecule has 0 bridgehead atoms. The van der Waals surface area contributed by atoms with Crippen molar-refractivity contribution in [3.8, 4) is 0 Å². The number of unbranched alkanes of at least 4 members (excludes halogenated alkanes) is 27. The Balaban J connectivity index is 3.73. The largest absolute Gasteiger partial charge is 0.394 e. The summed E-state index contributed by atoms with van der Waals surface area (Å²) in [6.45, 7) is 4.16. The Kier molecular flexibility index (Phi) is 39.2. The number of allylic oxidation sites excluding steroid dienone is 5. The van der Waals surface area contributed by atoms with E-state index in [1.165, 1.54) is 161 Å². The van der Waals surface area contributed by atoms with Crippen LogP contribution in [0, 0.1) is 0 Å². The van der Waals surface area contributed by atoms with Crippen LogP contribution in [0.15, 0.2) is 36.5 Å². The van der Waals surface area contributed by atoms with Gasteiger partial charge in [-0.3, -0.25) is 4.79 Å². The molecule has 0 aliphatic rings. The zero-order valence-corrected chi connectivity index (χ0v) is 33.3. The highest BCUT2D eigenvalue weighted by Crippen LogP contribution is 2.14. The standard InChI is InChI=1S/C45H85NO4/c1-3-5-7-9-11-13-15-17-19-21-22-23-24-26-27-29-31-33-35-37-39-43(48)42(41-47)46-45(50)44(49)40-38-36-34-32-30-28-25-20-18-16-14-12-10-8-6-4-2/h18,20,29,31,37,39,42-44,47-49H,3-17,19,21-28,30,32-36,38,40-41H2,1-2H3,(H,46,50)/b20-18-,31-29+,39-37+. The highest BCUT2D eigenvalue weighted by Gasteiger charge is 2.22. The maximum absolute atomic E-state index is 12.4. The molecule has 0 fully saturated rings. The van der Waals surface area contributed by atoms with Crippen molar-refractivity contribution in [1.29, 1.82) is 0 Å². The van der Waals surface area contributed by atoms with Gasteiger partial charge in [0.1, 0.15) is 6.10 Å². The first kappa shape index (κ1) is 48.6. The third-order valence-electron chi connectivity index (χ3n) is 9.95. The number of aliphatic hydroxyl groups is 3. The summed E-state index contributed by atoms with van der Waals surface area (Å²) in [7, 11) is 0. The second-order valence-electron chi connectivity index (χ2n) is 14.9. The van der Waals surface area contributed by atoms with Crippen LogP contribution in [0.2, 0.25) is 0 Å². The molecule has 0 aliphatic carbocycles. The second kappa shape index (κ2) is 40.3. The van der Waals surface area contributed by atoms with Gasteiger partial charge in [-0.05, 0) is 57.8 Å². The summed E-state index contributed by atoms with van der Waals surface area (Å²) >= 11 is 0. The molecule has 1 amide bonds. The van der Waals surface area contributed by atoms with Crippen molar-refractivity contribution in [2.24, 2.45) is 0 Å². The third kappa shape index (κ3) is 35.0. The Morgan fingerprint density at radius 3 is 1.22 bits per heavy atom. The fourth-order valence-electron chi connectivity index (χ4n) is 6.49. The number of nitrogens with one attached hydrogen (secondary N) is 1. The Morgan fingerprint density at radius 2 is 0.820 bits per heavy atom. The van der Waals surface area contributed by atoms with Gasteiger partial charge in [0.15, 0.2) is 0 Å². The van der Waals surface area contributed by atoms with Crippen molar-refractivity contribution in [3.63, 3.8) is 0 Å². The lowest BCUT2D eigenvalue weighted by atomic mass is 10.0. The molecule has 0 aliphatic heterocycles. The molecule has 0 aromatic rings. The summed E-state index contributed by atoms with van der Waals surface area (Å²) in [5.74, 6) is -0.518. The first-order valence-corrected chi connectivity index (χ1v) is 21.8. The minimum Gasteiger partial charge on any atom is -0.394 e. The third-order valence-corrected chi connectivity index (χ3v) is 9.95. The summed E-state index contributed by atoms with van der Waals surface area (Å²) in [5.41, 5.74) is 0. The van der Waals surface area contributed by atoms with Gasteiger partial charge < -0.3 is 20.6 Å². The fourth-order valence-corrected chi connectivity index (χ4v) is 6.49. The number of hydrogen-bond acceptors (Lipinski definition) is 4. The molecule has 294 valence electrons. The quantitative estimate of drug-likeness (QED) is 0.0379. The molecule has 0 aromatic carbocycles. The van der Waals surface area contributed by atoms with Crippen molar-refractivity contribution in [2.45, 2.75) is 238 Å². The number of carbonyl (C=O) groups excluding carboxylic acids is 1. The van der Waals surface area contributed by atoms with Crippen molar-refractivity contribution in [3.05, 3.63) is 36.5 Å². The molecule has 3 unspecified atom stereocenters. The van der Waals surface area contributed by atoms with Crippen molar-refractivity contribution in [1.82, 2.24) is 5.32 Å². The van der Waals surface area contributed by atoms with Gasteiger partial charge in [0.25, 0.3) is 0 Å². The van der Waals surface area contributed by atoms with Crippen LogP contribution in [-0.4, -0.2) is 46.1 Å². The monoisotopic (exact) mass is 704 g/mol. The van der Waals surface area contributed by atoms with E-state index in [0.717, 1.165) is 38.5 Å². The molecule has 0 aromatic heterocycles. The zero-order chi connectivity index (χ0) is 36.6. The van der Waals surface area contributed by atoms with E-state index in [1.807, 2.05) is 6.08 Å². The van der Waals surface area contributed by atoms with E-state index in [-0.39, 0.29) is 6.61 Å². The predicted molar refractivity (Wildman–Crippen MR) is 218 cm³/mol. The van der Waals surface area contributed by atoms with Gasteiger partial charge in [-0.25, -0.2) is 0 Å². The molecule has 3 atom stereocenters. The van der Waals surface area contributed by atoms with Gasteiger partial charge in [-0.2, -0.15) is 0 Å². The number of aliphatic hydroxyl groups excluding tert-OH is 3. The molecule has 0 rings (SSSR count). The Morgan fingerprint density at radius 1 is 0.480 bits per heavy atom. The molecule has 4 N–H and O–H groups in total. The maximum Gasteiger partial charge on any atom is 0.249 e. The van der Waals surface area contributed by atoms with Crippen LogP contribution in [0.3, 0.4) is 0 Å². The van der Waals surface area contributed by atoms with Crippen LogP contribution in [0.4, 0.5) is 0 Å². The van der Waals surface area contributed by atoms with E-state index in [2.05, 4.69) is 43.5 Å². The van der Waals surface area contributed by atoms with Crippen LogP contribution in [-0.2, 0) is 4.79 Å². The minimum absolute atomic E-state index is 0.378. The molecule has 0 saturated carbocycles. The Labute approximate surface area is 311 Å². The molecule has 50 heavy (non-hydrogen) atoms. The lowest BCUT2D eigenvalue weighted by Crippen LogP contribution is -2.48. The lowest BCUT2D eigenvalue weighted by Gasteiger charge is -2.21. The normalized spacial score (nSPS) is 13.9. The number of hydrogen-bond donors (Lipinski definition) is 4. The average Bonchev–Trinajstić information content (AvgIpc) is 3.12. The molecular formula is C45H85NO4. The average molecular weight is 704 g/mol. The highest BCUT2D eigenvalue weighted by molar-refractivity contribution is 5.80. The Hall–Kier alpha value is -1.43. The van der Waals surface area contributed by atoms with Crippen molar-refractivity contribution < 1.29 is 20.1 Å². The SMILES string of the molecule is CCCCCCCC/C=C\CCCCCCCCC(O)C(=O)NC(CO)C(O)/C=C/CC/C=C/CCCCCCCCCCCCCCCC. The van der Waals surface area contributed by atoms with E-state index >= 15 is 0 Å². The molecule has 0 radical (unpaired) electrons. The van der Waals surface area contributed by atoms with E-state index < -0.39 is 24.2 Å². The van der Waals surface area contributed by atoms with Gasteiger partial charge in [0, 0.05) is 0 Å². The number of rotatable bonds is 39. The Bertz CT molecular complexity index is 779. The van der Waals surface area contributed by atoms with Gasteiger partial charge in [-0.1, -0.05) is 198 Å². The molecule has 5 heteroatoms. The van der Waals surface area contributed by atoms with Crippen LogP contribution >= 0.6 is 0 Å². The maximum atomic E-state index is 12.4. The van der Waals surface area contributed by atoms with Gasteiger partial charge >= 0.3 is 0 Å². The smallest absolute Gasteiger partial charge is 0.249 e. The summed E-state index contributed by atoms with van der Waals surface area (Å²) in [6.07, 6.45) is 50.3. The first-order chi connectivity index (χ1) is 24.6. The number of amides is 1.